The Morgan fingerprint density at radius 1 is 0.542 bits per heavy atom. The minimum Gasteiger partial charge on any atom is -0.456 e. The molecule has 0 amide bonds. The molecule has 1 atom stereocenters. The number of hydrogen-bond donors (Lipinski definition) is 0. The molecule has 2 heterocycles. The van der Waals surface area contributed by atoms with Gasteiger partial charge in [-0.1, -0.05) is 121 Å². The molecule has 2 aliphatic carbocycles. The summed E-state index contributed by atoms with van der Waals surface area (Å²) in [4.78, 5) is 0. The first-order valence-corrected chi connectivity index (χ1v) is 17.5. The van der Waals surface area contributed by atoms with Crippen LogP contribution in [0.25, 0.3) is 91.1 Å². The zero-order valence-electron chi connectivity index (χ0n) is 26.0. The zero-order valence-corrected chi connectivity index (χ0v) is 26.9. The van der Waals surface area contributed by atoms with E-state index in [2.05, 4.69) is 146 Å². The molecule has 2 aromatic heterocycles. The van der Waals surface area contributed by atoms with Gasteiger partial charge in [0, 0.05) is 42.2 Å². The molecule has 224 valence electrons. The van der Waals surface area contributed by atoms with Crippen LogP contribution in [0.3, 0.4) is 0 Å². The minimum absolute atomic E-state index is 0.431. The molecule has 0 bridgehead atoms. The summed E-state index contributed by atoms with van der Waals surface area (Å²) in [5.41, 5.74) is 8.64. The van der Waals surface area contributed by atoms with E-state index < -0.39 is 0 Å². The van der Waals surface area contributed by atoms with E-state index in [1.807, 2.05) is 17.4 Å². The number of benzene rings is 7. The molecule has 0 N–H and O–H groups in total. The van der Waals surface area contributed by atoms with E-state index in [0.29, 0.717) is 5.92 Å². The summed E-state index contributed by atoms with van der Waals surface area (Å²) in [6.07, 6.45) is 14.6. The SMILES string of the molecule is C1=CC2=CC=C(c3c4ccccc4c(-c4ccc5sc6c(ccc7c6ccc6oc8ccccc8c67)c5c4)c4ccccc34)CC2C=C1. The van der Waals surface area contributed by atoms with Crippen LogP contribution < -0.4 is 0 Å². The smallest absolute Gasteiger partial charge is 0.136 e. The van der Waals surface area contributed by atoms with E-state index >= 15 is 0 Å². The van der Waals surface area contributed by atoms with Gasteiger partial charge in [0.2, 0.25) is 0 Å². The van der Waals surface area contributed by atoms with Crippen molar-refractivity contribution in [2.45, 2.75) is 6.42 Å². The zero-order chi connectivity index (χ0) is 31.3. The standard InChI is InChI=1S/C46H28OS/c1-2-10-28-25-29(18-17-27(28)9-1)43-31-11-3-5-13-33(31)44(34-14-6-4-12-32(34)43)30-19-24-42-39(26-30)37-21-20-35-36(46(37)48-42)22-23-41-45(35)38-15-7-8-16-40(38)47-41/h1-24,26,28H,25H2. The van der Waals surface area contributed by atoms with Gasteiger partial charge in [-0.2, -0.15) is 0 Å². The normalized spacial score (nSPS) is 16.1. The van der Waals surface area contributed by atoms with Gasteiger partial charge >= 0.3 is 0 Å². The largest absolute Gasteiger partial charge is 0.456 e. The van der Waals surface area contributed by atoms with Crippen LogP contribution in [0, 0.1) is 5.92 Å². The molecule has 48 heavy (non-hydrogen) atoms. The van der Waals surface area contributed by atoms with E-state index in [0.717, 1.165) is 17.6 Å². The maximum absolute atomic E-state index is 6.23. The Labute approximate surface area is 281 Å². The maximum atomic E-state index is 6.23. The predicted molar refractivity (Wildman–Crippen MR) is 207 cm³/mol. The lowest BCUT2D eigenvalue weighted by molar-refractivity contribution is 0.669. The summed E-state index contributed by atoms with van der Waals surface area (Å²) in [7, 11) is 0. The van der Waals surface area contributed by atoms with Crippen molar-refractivity contribution < 1.29 is 4.42 Å². The highest BCUT2D eigenvalue weighted by Gasteiger charge is 2.23. The number of allylic oxidation sites excluding steroid dienone is 8. The molecule has 0 saturated carbocycles. The highest BCUT2D eigenvalue weighted by atomic mass is 32.1. The van der Waals surface area contributed by atoms with E-state index in [1.165, 1.54) is 91.1 Å². The molecule has 11 rings (SSSR count). The Hall–Kier alpha value is -5.70. The van der Waals surface area contributed by atoms with Crippen molar-refractivity contribution in [2.24, 2.45) is 5.92 Å². The van der Waals surface area contributed by atoms with Gasteiger partial charge in [-0.3, -0.25) is 0 Å². The summed E-state index contributed by atoms with van der Waals surface area (Å²) in [6, 6.07) is 42.6. The van der Waals surface area contributed by atoms with Crippen LogP contribution in [0.2, 0.25) is 0 Å². The van der Waals surface area contributed by atoms with Gasteiger partial charge in [0.05, 0.1) is 0 Å². The first-order chi connectivity index (χ1) is 23.8. The van der Waals surface area contributed by atoms with E-state index in [9.17, 15) is 0 Å². The number of rotatable bonds is 2. The Morgan fingerprint density at radius 2 is 1.23 bits per heavy atom. The Bertz CT molecular complexity index is 2920. The molecule has 1 nitrogen and oxygen atoms in total. The van der Waals surface area contributed by atoms with Crippen LogP contribution in [-0.2, 0) is 0 Å². The Kier molecular flexibility index (Phi) is 5.44. The molecule has 0 fully saturated rings. The van der Waals surface area contributed by atoms with Gasteiger partial charge in [-0.15, -0.1) is 11.3 Å². The monoisotopic (exact) mass is 628 g/mol. The fourth-order valence-electron chi connectivity index (χ4n) is 8.46. The Morgan fingerprint density at radius 3 is 2.04 bits per heavy atom. The summed E-state index contributed by atoms with van der Waals surface area (Å²) < 4.78 is 8.88. The van der Waals surface area contributed by atoms with Gasteiger partial charge in [0.1, 0.15) is 11.2 Å². The molecule has 0 aliphatic heterocycles. The molecule has 2 heteroatoms. The van der Waals surface area contributed by atoms with Gasteiger partial charge in [0.25, 0.3) is 0 Å². The molecule has 1 unspecified atom stereocenters. The van der Waals surface area contributed by atoms with Crippen molar-refractivity contribution in [2.75, 3.05) is 0 Å². The third-order valence-electron chi connectivity index (χ3n) is 10.6. The first kappa shape index (κ1) is 26.4. The number of fused-ring (bicyclic) bond motifs is 12. The van der Waals surface area contributed by atoms with Crippen LogP contribution in [-0.4, -0.2) is 0 Å². The van der Waals surface area contributed by atoms with Crippen molar-refractivity contribution >= 4 is 91.3 Å². The van der Waals surface area contributed by atoms with Gasteiger partial charge in [0.15, 0.2) is 0 Å². The summed E-state index contributed by atoms with van der Waals surface area (Å²) >= 11 is 1.90. The van der Waals surface area contributed by atoms with Crippen molar-refractivity contribution in [1.29, 1.82) is 0 Å². The number of thiophene rings is 1. The molecule has 0 spiro atoms. The van der Waals surface area contributed by atoms with Crippen LogP contribution in [0.1, 0.15) is 12.0 Å². The van der Waals surface area contributed by atoms with E-state index in [-0.39, 0.29) is 0 Å². The molecule has 2 aliphatic rings. The lowest BCUT2D eigenvalue weighted by atomic mass is 9.79. The van der Waals surface area contributed by atoms with Crippen LogP contribution in [0.5, 0.6) is 0 Å². The third kappa shape index (κ3) is 3.67. The molecular weight excluding hydrogens is 601 g/mol. The second-order valence-corrected chi connectivity index (χ2v) is 14.2. The number of para-hydroxylation sites is 1. The molecule has 9 aromatic rings. The van der Waals surface area contributed by atoms with Crippen LogP contribution in [0.4, 0.5) is 0 Å². The van der Waals surface area contributed by atoms with Crippen LogP contribution >= 0.6 is 11.3 Å². The average Bonchev–Trinajstić information content (AvgIpc) is 3.72. The topological polar surface area (TPSA) is 13.1 Å². The molecular formula is C46H28OS. The summed E-state index contributed by atoms with van der Waals surface area (Å²) in [6.45, 7) is 0. The summed E-state index contributed by atoms with van der Waals surface area (Å²) in [5.74, 6) is 0.431. The lowest BCUT2D eigenvalue weighted by Crippen LogP contribution is -2.07. The van der Waals surface area contributed by atoms with Crippen LogP contribution in [0.15, 0.2) is 162 Å². The molecule has 0 saturated heterocycles. The van der Waals surface area contributed by atoms with Gasteiger partial charge in [-0.25, -0.2) is 0 Å². The highest BCUT2D eigenvalue weighted by Crippen LogP contribution is 2.47. The molecule has 0 radical (unpaired) electrons. The van der Waals surface area contributed by atoms with Crippen molar-refractivity contribution in [3.63, 3.8) is 0 Å². The average molecular weight is 629 g/mol. The number of furan rings is 1. The second kappa shape index (κ2) is 9.90. The summed E-state index contributed by atoms with van der Waals surface area (Å²) in [5, 5.41) is 12.8. The maximum Gasteiger partial charge on any atom is 0.136 e. The first-order valence-electron chi connectivity index (χ1n) is 16.7. The molecule has 7 aromatic carbocycles. The van der Waals surface area contributed by atoms with E-state index in [1.54, 1.807) is 0 Å². The van der Waals surface area contributed by atoms with Crippen molar-refractivity contribution in [1.82, 2.24) is 0 Å². The number of hydrogen-bond acceptors (Lipinski definition) is 2. The fraction of sp³-hybridized carbons (Fsp3) is 0.0435. The Balaban J connectivity index is 1.15. The van der Waals surface area contributed by atoms with Gasteiger partial charge < -0.3 is 4.42 Å². The fourth-order valence-corrected chi connectivity index (χ4v) is 9.67. The third-order valence-corrected chi connectivity index (χ3v) is 11.8. The van der Waals surface area contributed by atoms with Gasteiger partial charge in [-0.05, 0) is 91.5 Å². The highest BCUT2D eigenvalue weighted by molar-refractivity contribution is 7.26. The predicted octanol–water partition coefficient (Wildman–Crippen LogP) is 13.5. The minimum atomic E-state index is 0.431. The lowest BCUT2D eigenvalue weighted by Gasteiger charge is -2.25. The quantitative estimate of drug-likeness (QED) is 0.174. The van der Waals surface area contributed by atoms with Crippen molar-refractivity contribution in [3.05, 3.63) is 163 Å². The second-order valence-electron chi connectivity index (χ2n) is 13.1. The van der Waals surface area contributed by atoms with Crippen molar-refractivity contribution in [3.8, 4) is 11.1 Å². The van der Waals surface area contributed by atoms with E-state index in [4.69, 9.17) is 4.42 Å².